The summed E-state index contributed by atoms with van der Waals surface area (Å²) in [5, 5.41) is 2.97. The maximum absolute atomic E-state index is 13.9. The third kappa shape index (κ3) is 2.50. The third-order valence-electron chi connectivity index (χ3n) is 3.91. The van der Waals surface area contributed by atoms with Crippen LogP contribution in [-0.4, -0.2) is 37.9 Å². The van der Waals surface area contributed by atoms with E-state index in [1.165, 1.54) is 0 Å². The Bertz CT molecular complexity index is 674. The minimum atomic E-state index is -4.66. The lowest BCUT2D eigenvalue weighted by molar-refractivity contribution is 0.320. The maximum Gasteiger partial charge on any atom is 0.249 e. The van der Waals surface area contributed by atoms with Crippen molar-refractivity contribution in [3.8, 4) is 0 Å². The van der Waals surface area contributed by atoms with E-state index in [1.807, 2.05) is 0 Å². The normalized spacial score (nSPS) is 22.5. The fraction of sp³-hybridized carbons (Fsp3) is 0.538. The molecule has 122 valence electrons. The van der Waals surface area contributed by atoms with Crippen LogP contribution in [0.5, 0.6) is 0 Å². The lowest BCUT2D eigenvalue weighted by atomic mass is 10.2. The predicted octanol–water partition coefficient (Wildman–Crippen LogP) is 1.76. The van der Waals surface area contributed by atoms with E-state index < -0.39 is 44.2 Å². The first-order valence-electron chi connectivity index (χ1n) is 6.91. The summed E-state index contributed by atoms with van der Waals surface area (Å²) >= 11 is 0. The van der Waals surface area contributed by atoms with Crippen LogP contribution in [0.2, 0.25) is 0 Å². The van der Waals surface area contributed by atoms with E-state index in [2.05, 4.69) is 5.32 Å². The predicted molar refractivity (Wildman–Crippen MR) is 69.6 cm³/mol. The van der Waals surface area contributed by atoms with Crippen LogP contribution in [0.15, 0.2) is 11.0 Å². The summed E-state index contributed by atoms with van der Waals surface area (Å²) in [4.78, 5) is -1.54. The maximum atomic E-state index is 13.9. The summed E-state index contributed by atoms with van der Waals surface area (Å²) in [5.74, 6) is -7.21. The van der Waals surface area contributed by atoms with Gasteiger partial charge in [0.2, 0.25) is 10.0 Å². The summed E-state index contributed by atoms with van der Waals surface area (Å²) in [7, 11) is -4.66. The summed E-state index contributed by atoms with van der Waals surface area (Å²) in [6, 6.07) is -0.843. The fourth-order valence-corrected chi connectivity index (χ4v) is 4.79. The molecule has 2 fully saturated rings. The second kappa shape index (κ2) is 5.47. The van der Waals surface area contributed by atoms with Gasteiger partial charge in [0, 0.05) is 24.7 Å². The molecule has 1 aromatic rings. The summed E-state index contributed by atoms with van der Waals surface area (Å²) in [6.45, 7) is 0.919. The van der Waals surface area contributed by atoms with Crippen molar-refractivity contribution in [3.63, 3.8) is 0 Å². The second-order valence-electron chi connectivity index (χ2n) is 5.51. The SMILES string of the molecule is O=S(=O)(c1c(F)c(F)cc(F)c1F)N(C1CC1)C1CCNC1. The van der Waals surface area contributed by atoms with Gasteiger partial charge in [0.05, 0.1) is 0 Å². The van der Waals surface area contributed by atoms with Crippen LogP contribution in [0.3, 0.4) is 0 Å². The number of sulfonamides is 1. The molecule has 1 aromatic carbocycles. The first kappa shape index (κ1) is 15.7. The lowest BCUT2D eigenvalue weighted by Crippen LogP contribution is -2.43. The van der Waals surface area contributed by atoms with Gasteiger partial charge in [0.25, 0.3) is 0 Å². The standard InChI is InChI=1S/C13H14F4N2O2S/c14-9-5-10(15)12(17)13(11(9)16)22(20,21)19(7-1-2-7)8-3-4-18-6-8/h5,7-8,18H,1-4,6H2. The zero-order valence-electron chi connectivity index (χ0n) is 11.5. The first-order valence-corrected chi connectivity index (χ1v) is 8.35. The molecule has 0 amide bonds. The van der Waals surface area contributed by atoms with E-state index in [9.17, 15) is 26.0 Å². The Kier molecular flexibility index (Phi) is 3.90. The Morgan fingerprint density at radius 2 is 1.59 bits per heavy atom. The minimum absolute atomic E-state index is 0.00226. The average molecular weight is 338 g/mol. The summed E-state index contributed by atoms with van der Waals surface area (Å²) in [5.41, 5.74) is 0. The van der Waals surface area contributed by atoms with Crippen molar-refractivity contribution in [3.05, 3.63) is 29.3 Å². The minimum Gasteiger partial charge on any atom is -0.315 e. The van der Waals surface area contributed by atoms with Gasteiger partial charge in [-0.1, -0.05) is 0 Å². The molecule has 1 N–H and O–H groups in total. The van der Waals surface area contributed by atoms with E-state index in [4.69, 9.17) is 0 Å². The summed E-state index contributed by atoms with van der Waals surface area (Å²) < 4.78 is 80.7. The zero-order valence-corrected chi connectivity index (χ0v) is 12.3. The van der Waals surface area contributed by atoms with Crippen molar-refractivity contribution >= 4 is 10.0 Å². The number of rotatable bonds is 4. The highest BCUT2D eigenvalue weighted by Gasteiger charge is 2.46. The quantitative estimate of drug-likeness (QED) is 0.672. The van der Waals surface area contributed by atoms with Crippen LogP contribution in [0, 0.1) is 23.3 Å². The van der Waals surface area contributed by atoms with Crippen molar-refractivity contribution in [2.24, 2.45) is 0 Å². The van der Waals surface area contributed by atoms with Crippen LogP contribution in [0.4, 0.5) is 17.6 Å². The smallest absolute Gasteiger partial charge is 0.249 e. The van der Waals surface area contributed by atoms with Gasteiger partial charge in [0.15, 0.2) is 28.2 Å². The fourth-order valence-electron chi connectivity index (χ4n) is 2.76. The molecule has 1 saturated carbocycles. The lowest BCUT2D eigenvalue weighted by Gasteiger charge is -2.28. The molecular formula is C13H14F4N2O2S. The number of nitrogens with zero attached hydrogens (tertiary/aromatic N) is 1. The van der Waals surface area contributed by atoms with Gasteiger partial charge in [-0.05, 0) is 25.8 Å². The topological polar surface area (TPSA) is 49.4 Å². The monoisotopic (exact) mass is 338 g/mol. The van der Waals surface area contributed by atoms with E-state index >= 15 is 0 Å². The molecule has 1 atom stereocenters. The number of hydrogen-bond donors (Lipinski definition) is 1. The van der Waals surface area contributed by atoms with Gasteiger partial charge in [-0.3, -0.25) is 0 Å². The van der Waals surface area contributed by atoms with Crippen molar-refractivity contribution in [1.29, 1.82) is 0 Å². The molecule has 1 aliphatic carbocycles. The number of nitrogens with one attached hydrogen (secondary N) is 1. The molecule has 0 radical (unpaired) electrons. The van der Waals surface area contributed by atoms with Crippen molar-refractivity contribution in [2.45, 2.75) is 36.2 Å². The van der Waals surface area contributed by atoms with Gasteiger partial charge in [-0.25, -0.2) is 26.0 Å². The Hall–Kier alpha value is -1.19. The Labute approximate surface area is 125 Å². The van der Waals surface area contributed by atoms with E-state index in [1.54, 1.807) is 0 Å². The number of halogens is 4. The molecule has 1 saturated heterocycles. The van der Waals surface area contributed by atoms with Gasteiger partial charge >= 0.3 is 0 Å². The molecule has 0 aromatic heterocycles. The third-order valence-corrected chi connectivity index (χ3v) is 5.93. The molecule has 1 unspecified atom stereocenters. The first-order chi connectivity index (χ1) is 10.3. The second-order valence-corrected chi connectivity index (χ2v) is 7.29. The molecule has 4 nitrogen and oxygen atoms in total. The largest absolute Gasteiger partial charge is 0.315 e. The molecule has 3 rings (SSSR count). The molecule has 0 spiro atoms. The van der Waals surface area contributed by atoms with Crippen LogP contribution in [0.1, 0.15) is 19.3 Å². The van der Waals surface area contributed by atoms with E-state index in [-0.39, 0.29) is 12.1 Å². The zero-order chi connectivity index (χ0) is 16.1. The molecule has 9 heteroatoms. The highest BCUT2D eigenvalue weighted by atomic mass is 32.2. The van der Waals surface area contributed by atoms with Gasteiger partial charge < -0.3 is 5.32 Å². The highest BCUT2D eigenvalue weighted by molar-refractivity contribution is 7.89. The molecular weight excluding hydrogens is 324 g/mol. The Balaban J connectivity index is 2.12. The number of benzene rings is 1. The number of hydrogen-bond acceptors (Lipinski definition) is 3. The van der Waals surface area contributed by atoms with Crippen LogP contribution in [-0.2, 0) is 10.0 Å². The van der Waals surface area contributed by atoms with Crippen molar-refractivity contribution in [2.75, 3.05) is 13.1 Å². The van der Waals surface area contributed by atoms with Crippen LogP contribution < -0.4 is 5.32 Å². The van der Waals surface area contributed by atoms with Gasteiger partial charge in [0.1, 0.15) is 0 Å². The van der Waals surface area contributed by atoms with E-state index in [0.29, 0.717) is 32.4 Å². The molecule has 1 heterocycles. The molecule has 1 aliphatic heterocycles. The molecule has 0 bridgehead atoms. The Morgan fingerprint density at radius 3 is 2.05 bits per heavy atom. The highest BCUT2D eigenvalue weighted by Crippen LogP contribution is 2.37. The van der Waals surface area contributed by atoms with Gasteiger partial charge in [-0.15, -0.1) is 0 Å². The Morgan fingerprint density at radius 1 is 1.00 bits per heavy atom. The van der Waals surface area contributed by atoms with Crippen molar-refractivity contribution in [1.82, 2.24) is 9.62 Å². The molecule has 22 heavy (non-hydrogen) atoms. The van der Waals surface area contributed by atoms with E-state index in [0.717, 1.165) is 4.31 Å². The van der Waals surface area contributed by atoms with Gasteiger partial charge in [-0.2, -0.15) is 4.31 Å². The summed E-state index contributed by atoms with van der Waals surface area (Å²) in [6.07, 6.45) is 1.62. The average Bonchev–Trinajstić information content (AvgIpc) is 3.10. The van der Waals surface area contributed by atoms with Crippen LogP contribution >= 0.6 is 0 Å². The molecule has 2 aliphatic rings. The van der Waals surface area contributed by atoms with Crippen LogP contribution in [0.25, 0.3) is 0 Å². The van der Waals surface area contributed by atoms with Crippen molar-refractivity contribution < 1.29 is 26.0 Å².